The number of aromatic nitrogens is 3. The number of esters is 1. The molecule has 0 atom stereocenters. The summed E-state index contributed by atoms with van der Waals surface area (Å²) in [5.74, 6) is -2.27. The minimum absolute atomic E-state index is 0.103. The lowest BCUT2D eigenvalue weighted by Gasteiger charge is -2.11. The van der Waals surface area contributed by atoms with E-state index in [2.05, 4.69) is 20.4 Å². The summed E-state index contributed by atoms with van der Waals surface area (Å²) in [5.41, 5.74) is -1.58. The number of nitrogens with zero attached hydrogens (tertiary/aromatic N) is 3. The predicted molar refractivity (Wildman–Crippen MR) is 95.3 cm³/mol. The van der Waals surface area contributed by atoms with Crippen molar-refractivity contribution >= 4 is 11.9 Å². The highest BCUT2D eigenvalue weighted by Crippen LogP contribution is 2.32. The number of methoxy groups -OCH3 is 1. The molecular weight excluding hydrogens is 408 g/mol. The molecule has 3 aromatic rings. The average molecular weight is 422 g/mol. The zero-order valence-corrected chi connectivity index (χ0v) is 15.4. The number of alkyl halides is 3. The minimum Gasteiger partial charge on any atom is -0.465 e. The number of rotatable bonds is 5. The van der Waals surface area contributed by atoms with E-state index in [0.717, 1.165) is 24.3 Å². The molecule has 0 saturated heterocycles. The van der Waals surface area contributed by atoms with Crippen LogP contribution >= 0.6 is 0 Å². The van der Waals surface area contributed by atoms with Crippen molar-refractivity contribution in [2.24, 2.45) is 0 Å². The maximum atomic E-state index is 13.6. The summed E-state index contributed by atoms with van der Waals surface area (Å²) in [7, 11) is 1.23. The molecule has 0 aliphatic heterocycles. The zero-order chi connectivity index (χ0) is 21.9. The second-order valence-electron chi connectivity index (χ2n) is 6.04. The number of hydrogen-bond acceptors (Lipinski definition) is 5. The molecule has 0 bridgehead atoms. The Morgan fingerprint density at radius 2 is 1.70 bits per heavy atom. The fourth-order valence-corrected chi connectivity index (χ4v) is 2.59. The van der Waals surface area contributed by atoms with Crippen molar-refractivity contribution in [1.82, 2.24) is 20.3 Å². The first-order chi connectivity index (χ1) is 14.2. The summed E-state index contributed by atoms with van der Waals surface area (Å²) in [6.07, 6.45) is -4.94. The van der Waals surface area contributed by atoms with Crippen molar-refractivity contribution in [1.29, 1.82) is 0 Å². The highest BCUT2D eigenvalue weighted by atomic mass is 19.4. The van der Waals surface area contributed by atoms with Gasteiger partial charge in [0.1, 0.15) is 5.82 Å². The molecule has 0 spiro atoms. The van der Waals surface area contributed by atoms with Crippen molar-refractivity contribution in [3.05, 3.63) is 76.9 Å². The minimum atomic E-state index is -4.94. The molecule has 0 aliphatic carbocycles. The van der Waals surface area contributed by atoms with Crippen LogP contribution in [0.25, 0.3) is 5.69 Å². The Morgan fingerprint density at radius 3 is 2.27 bits per heavy atom. The molecule has 0 fully saturated rings. The molecule has 1 N–H and O–H groups in total. The van der Waals surface area contributed by atoms with Crippen LogP contribution in [-0.4, -0.2) is 34.0 Å². The Kier molecular flexibility index (Phi) is 5.81. The molecule has 7 nitrogen and oxygen atoms in total. The van der Waals surface area contributed by atoms with E-state index in [-0.39, 0.29) is 17.8 Å². The zero-order valence-electron chi connectivity index (χ0n) is 15.4. The molecule has 0 radical (unpaired) electrons. The monoisotopic (exact) mass is 422 g/mol. The first-order valence-corrected chi connectivity index (χ1v) is 8.45. The number of halogens is 4. The largest absolute Gasteiger partial charge is 0.465 e. The van der Waals surface area contributed by atoms with Crippen LogP contribution in [0.5, 0.6) is 0 Å². The molecule has 0 aliphatic rings. The molecule has 2 aromatic carbocycles. The van der Waals surface area contributed by atoms with Crippen molar-refractivity contribution < 1.29 is 31.9 Å². The normalized spacial score (nSPS) is 11.2. The maximum Gasteiger partial charge on any atom is 0.435 e. The lowest BCUT2D eigenvalue weighted by atomic mass is 10.1. The number of amides is 1. The van der Waals surface area contributed by atoms with E-state index in [1.54, 1.807) is 0 Å². The van der Waals surface area contributed by atoms with Gasteiger partial charge in [-0.1, -0.05) is 17.3 Å². The topological polar surface area (TPSA) is 86.1 Å². The molecule has 11 heteroatoms. The van der Waals surface area contributed by atoms with Crippen LogP contribution in [0.4, 0.5) is 17.6 Å². The number of carbonyl (C=O) groups excluding carboxylic acids is 2. The molecule has 156 valence electrons. The number of hydrogen-bond donors (Lipinski definition) is 1. The third-order valence-electron chi connectivity index (χ3n) is 4.05. The van der Waals surface area contributed by atoms with Gasteiger partial charge in [-0.05, 0) is 42.0 Å². The van der Waals surface area contributed by atoms with Gasteiger partial charge >= 0.3 is 12.1 Å². The number of ether oxygens (including phenoxy) is 1. The summed E-state index contributed by atoms with van der Waals surface area (Å²) in [6, 6.07) is 10.1. The van der Waals surface area contributed by atoms with Gasteiger partial charge in [0.2, 0.25) is 0 Å². The van der Waals surface area contributed by atoms with Gasteiger partial charge in [-0.15, -0.1) is 5.10 Å². The molecule has 1 aromatic heterocycles. The average Bonchev–Trinajstić information content (AvgIpc) is 3.18. The van der Waals surface area contributed by atoms with Crippen molar-refractivity contribution in [2.75, 3.05) is 7.11 Å². The first kappa shape index (κ1) is 21.0. The molecular formula is C19H14F4N4O3. The predicted octanol–water partition coefficient (Wildman–Crippen LogP) is 3.14. The Morgan fingerprint density at radius 1 is 1.07 bits per heavy atom. The van der Waals surface area contributed by atoms with Crippen LogP contribution in [0.3, 0.4) is 0 Å². The quantitative estimate of drug-likeness (QED) is 0.504. The van der Waals surface area contributed by atoms with Gasteiger partial charge in [-0.2, -0.15) is 13.2 Å². The van der Waals surface area contributed by atoms with Gasteiger partial charge in [0.05, 0.1) is 18.4 Å². The summed E-state index contributed by atoms with van der Waals surface area (Å²) in [5, 5.41) is 9.11. The van der Waals surface area contributed by atoms with Crippen LogP contribution in [-0.2, 0) is 17.5 Å². The Balaban J connectivity index is 1.82. The molecule has 1 heterocycles. The second-order valence-corrected chi connectivity index (χ2v) is 6.04. The second kappa shape index (κ2) is 8.31. The van der Waals surface area contributed by atoms with Crippen LogP contribution < -0.4 is 5.32 Å². The third kappa shape index (κ3) is 4.45. The number of benzene rings is 2. The first-order valence-electron chi connectivity index (χ1n) is 8.45. The molecule has 0 saturated carbocycles. The van der Waals surface area contributed by atoms with E-state index in [0.29, 0.717) is 10.2 Å². The van der Waals surface area contributed by atoms with E-state index in [4.69, 9.17) is 0 Å². The van der Waals surface area contributed by atoms with Crippen molar-refractivity contribution in [2.45, 2.75) is 12.7 Å². The Labute approximate surface area is 167 Å². The summed E-state index contributed by atoms with van der Waals surface area (Å²) < 4.78 is 58.8. The van der Waals surface area contributed by atoms with Crippen molar-refractivity contribution in [3.63, 3.8) is 0 Å². The maximum absolute atomic E-state index is 13.6. The van der Waals surface area contributed by atoms with E-state index in [1.165, 1.54) is 31.4 Å². The summed E-state index contributed by atoms with van der Waals surface area (Å²) in [6.45, 7) is -0.110. The Hall–Kier alpha value is -3.76. The fourth-order valence-electron chi connectivity index (χ4n) is 2.59. The summed E-state index contributed by atoms with van der Waals surface area (Å²) in [4.78, 5) is 23.8. The van der Waals surface area contributed by atoms with Crippen LogP contribution in [0.15, 0.2) is 48.5 Å². The van der Waals surface area contributed by atoms with E-state index in [9.17, 15) is 27.2 Å². The SMILES string of the molecule is COC(=O)c1ccc(CNC(=O)c2nnn(-c3ccc(F)cc3)c2C(F)(F)F)cc1. The fraction of sp³-hybridized carbons (Fsp3) is 0.158. The highest BCUT2D eigenvalue weighted by Gasteiger charge is 2.42. The van der Waals surface area contributed by atoms with Gasteiger partial charge < -0.3 is 10.1 Å². The van der Waals surface area contributed by atoms with Gasteiger partial charge in [-0.3, -0.25) is 4.79 Å². The van der Waals surface area contributed by atoms with Gasteiger partial charge in [0, 0.05) is 6.54 Å². The van der Waals surface area contributed by atoms with Gasteiger partial charge in [-0.25, -0.2) is 13.9 Å². The Bertz CT molecular complexity index is 1060. The van der Waals surface area contributed by atoms with Gasteiger partial charge in [0.15, 0.2) is 11.4 Å². The third-order valence-corrected chi connectivity index (χ3v) is 4.05. The molecule has 30 heavy (non-hydrogen) atoms. The van der Waals surface area contributed by atoms with Crippen molar-refractivity contribution in [3.8, 4) is 5.69 Å². The number of carbonyl (C=O) groups is 2. The van der Waals surface area contributed by atoms with Crippen LogP contribution in [0.2, 0.25) is 0 Å². The van der Waals surface area contributed by atoms with Gasteiger partial charge in [0.25, 0.3) is 5.91 Å². The van der Waals surface area contributed by atoms with E-state index >= 15 is 0 Å². The lowest BCUT2D eigenvalue weighted by molar-refractivity contribution is -0.143. The molecule has 1 amide bonds. The smallest absolute Gasteiger partial charge is 0.435 e. The number of nitrogens with one attached hydrogen (secondary N) is 1. The standard InChI is InChI=1S/C19H14F4N4O3/c1-30-18(29)12-4-2-11(3-5-12)10-24-17(28)15-16(19(21,22)23)27(26-25-15)14-8-6-13(20)7-9-14/h2-9H,10H2,1H3,(H,24,28). The van der Waals surface area contributed by atoms with E-state index < -0.39 is 35.3 Å². The van der Waals surface area contributed by atoms with Crippen LogP contribution in [0, 0.1) is 5.82 Å². The molecule has 0 unspecified atom stereocenters. The van der Waals surface area contributed by atoms with E-state index in [1.807, 2.05) is 0 Å². The van der Waals surface area contributed by atoms with Crippen LogP contribution in [0.1, 0.15) is 32.1 Å². The lowest BCUT2D eigenvalue weighted by Crippen LogP contribution is -2.27. The summed E-state index contributed by atoms with van der Waals surface area (Å²) >= 11 is 0. The highest BCUT2D eigenvalue weighted by molar-refractivity contribution is 5.93. The molecule has 3 rings (SSSR count).